The molecule has 1 nitrogen and oxygen atoms in total. The van der Waals surface area contributed by atoms with Crippen LogP contribution in [-0.4, -0.2) is 5.60 Å². The van der Waals surface area contributed by atoms with Crippen molar-refractivity contribution in [3.63, 3.8) is 0 Å². The summed E-state index contributed by atoms with van der Waals surface area (Å²) in [6.45, 7) is 13.0. The van der Waals surface area contributed by atoms with Crippen molar-refractivity contribution < 1.29 is 4.74 Å². The molecule has 96 valence electrons. The Morgan fingerprint density at radius 2 is 1.53 bits per heavy atom. The Bertz CT molecular complexity index is 330. The second-order valence-electron chi connectivity index (χ2n) is 6.31. The predicted octanol–water partition coefficient (Wildman–Crippen LogP) is 5.01. The van der Waals surface area contributed by atoms with E-state index in [1.165, 1.54) is 12.0 Å². The van der Waals surface area contributed by atoms with Crippen LogP contribution in [0.2, 0.25) is 0 Å². The van der Waals surface area contributed by atoms with Crippen LogP contribution in [0, 0.1) is 5.92 Å². The summed E-state index contributed by atoms with van der Waals surface area (Å²) in [5.41, 5.74) is 1.28. The SMILES string of the molecule is CC(C)CC(C)c1ccc(OC(C)(C)C)cc1. The van der Waals surface area contributed by atoms with Gasteiger partial charge in [0.2, 0.25) is 0 Å². The first-order valence-electron chi connectivity index (χ1n) is 6.57. The van der Waals surface area contributed by atoms with E-state index in [4.69, 9.17) is 4.74 Å². The van der Waals surface area contributed by atoms with E-state index in [0.29, 0.717) is 5.92 Å². The lowest BCUT2D eigenvalue weighted by atomic mass is 9.92. The minimum absolute atomic E-state index is 0.120. The largest absolute Gasteiger partial charge is 0.488 e. The maximum Gasteiger partial charge on any atom is 0.120 e. The summed E-state index contributed by atoms with van der Waals surface area (Å²) in [6, 6.07) is 8.54. The van der Waals surface area contributed by atoms with Crippen LogP contribution < -0.4 is 4.74 Å². The van der Waals surface area contributed by atoms with Crippen LogP contribution in [0.1, 0.15) is 59.4 Å². The Labute approximate surface area is 106 Å². The number of hydrogen-bond acceptors (Lipinski definition) is 1. The predicted molar refractivity (Wildman–Crippen MR) is 74.7 cm³/mol. The van der Waals surface area contributed by atoms with Gasteiger partial charge in [0, 0.05) is 0 Å². The zero-order chi connectivity index (χ0) is 13.1. The molecular weight excluding hydrogens is 208 g/mol. The molecule has 0 aliphatic carbocycles. The first-order chi connectivity index (χ1) is 7.78. The molecule has 0 aromatic heterocycles. The van der Waals surface area contributed by atoms with Crippen LogP contribution >= 0.6 is 0 Å². The average Bonchev–Trinajstić information content (AvgIpc) is 2.15. The Morgan fingerprint density at radius 3 is 1.94 bits per heavy atom. The molecule has 17 heavy (non-hydrogen) atoms. The van der Waals surface area contributed by atoms with Gasteiger partial charge >= 0.3 is 0 Å². The normalized spacial score (nSPS) is 13.8. The summed E-state index contributed by atoms with van der Waals surface area (Å²) in [6.07, 6.45) is 1.24. The van der Waals surface area contributed by atoms with Crippen molar-refractivity contribution in [1.29, 1.82) is 0 Å². The molecule has 0 spiro atoms. The molecule has 0 saturated heterocycles. The van der Waals surface area contributed by atoms with E-state index < -0.39 is 0 Å². The van der Waals surface area contributed by atoms with Crippen molar-refractivity contribution in [2.24, 2.45) is 5.92 Å². The number of hydrogen-bond donors (Lipinski definition) is 0. The first kappa shape index (κ1) is 14.1. The molecule has 1 heteroatoms. The molecule has 0 amide bonds. The van der Waals surface area contributed by atoms with E-state index in [0.717, 1.165) is 11.7 Å². The molecular formula is C16H26O. The highest BCUT2D eigenvalue weighted by Crippen LogP contribution is 2.26. The molecule has 0 fully saturated rings. The van der Waals surface area contributed by atoms with Crippen molar-refractivity contribution in [3.8, 4) is 5.75 Å². The van der Waals surface area contributed by atoms with Crippen molar-refractivity contribution >= 4 is 0 Å². The van der Waals surface area contributed by atoms with E-state index in [1.807, 2.05) is 0 Å². The molecule has 1 rings (SSSR count). The van der Waals surface area contributed by atoms with E-state index in [9.17, 15) is 0 Å². The highest BCUT2D eigenvalue weighted by Gasteiger charge is 2.12. The molecule has 0 heterocycles. The van der Waals surface area contributed by atoms with Gasteiger partial charge in [0.05, 0.1) is 0 Å². The highest BCUT2D eigenvalue weighted by atomic mass is 16.5. The van der Waals surface area contributed by atoms with Gasteiger partial charge in [-0.2, -0.15) is 0 Å². The average molecular weight is 234 g/mol. The molecule has 1 unspecified atom stereocenters. The summed E-state index contributed by atoms with van der Waals surface area (Å²) in [5.74, 6) is 2.33. The molecule has 1 aromatic rings. The van der Waals surface area contributed by atoms with Gasteiger partial charge in [0.25, 0.3) is 0 Å². The van der Waals surface area contributed by atoms with Crippen LogP contribution in [-0.2, 0) is 0 Å². The van der Waals surface area contributed by atoms with E-state index >= 15 is 0 Å². The van der Waals surface area contributed by atoms with Crippen LogP contribution in [0.3, 0.4) is 0 Å². The van der Waals surface area contributed by atoms with Crippen LogP contribution in [0.25, 0.3) is 0 Å². The van der Waals surface area contributed by atoms with Crippen LogP contribution in [0.15, 0.2) is 24.3 Å². The fourth-order valence-electron chi connectivity index (χ4n) is 2.06. The monoisotopic (exact) mass is 234 g/mol. The van der Waals surface area contributed by atoms with Crippen molar-refractivity contribution in [1.82, 2.24) is 0 Å². The van der Waals surface area contributed by atoms with Crippen LogP contribution in [0.4, 0.5) is 0 Å². The first-order valence-corrected chi connectivity index (χ1v) is 6.57. The molecule has 0 aliphatic heterocycles. The van der Waals surface area contributed by atoms with Gasteiger partial charge < -0.3 is 4.74 Å². The summed E-state index contributed by atoms with van der Waals surface area (Å²) in [5, 5.41) is 0. The molecule has 0 saturated carbocycles. The molecule has 1 aromatic carbocycles. The summed E-state index contributed by atoms with van der Waals surface area (Å²) in [4.78, 5) is 0. The number of rotatable bonds is 4. The van der Waals surface area contributed by atoms with Gasteiger partial charge in [-0.1, -0.05) is 32.9 Å². The second kappa shape index (κ2) is 5.57. The van der Waals surface area contributed by atoms with Gasteiger partial charge in [-0.15, -0.1) is 0 Å². The van der Waals surface area contributed by atoms with Crippen LogP contribution in [0.5, 0.6) is 5.75 Å². The van der Waals surface area contributed by atoms with E-state index in [-0.39, 0.29) is 5.60 Å². The second-order valence-corrected chi connectivity index (χ2v) is 6.31. The topological polar surface area (TPSA) is 9.23 Å². The Balaban J connectivity index is 2.67. The molecule has 0 N–H and O–H groups in total. The summed E-state index contributed by atoms with van der Waals surface area (Å²) in [7, 11) is 0. The maximum absolute atomic E-state index is 5.82. The lowest BCUT2D eigenvalue weighted by Crippen LogP contribution is -2.22. The maximum atomic E-state index is 5.82. The number of benzene rings is 1. The van der Waals surface area contributed by atoms with Crippen molar-refractivity contribution in [3.05, 3.63) is 29.8 Å². The summed E-state index contributed by atoms with van der Waals surface area (Å²) < 4.78 is 5.82. The minimum atomic E-state index is -0.120. The number of ether oxygens (including phenoxy) is 1. The lowest BCUT2D eigenvalue weighted by molar-refractivity contribution is 0.131. The third-order valence-corrected chi connectivity index (χ3v) is 2.70. The van der Waals surface area contributed by atoms with E-state index in [1.54, 1.807) is 0 Å². The fraction of sp³-hybridized carbons (Fsp3) is 0.625. The van der Waals surface area contributed by atoms with Gasteiger partial charge in [0.1, 0.15) is 11.4 Å². The Kier molecular flexibility index (Phi) is 4.62. The minimum Gasteiger partial charge on any atom is -0.488 e. The molecule has 0 radical (unpaired) electrons. The zero-order valence-corrected chi connectivity index (χ0v) is 12.1. The van der Waals surface area contributed by atoms with Gasteiger partial charge in [-0.25, -0.2) is 0 Å². The van der Waals surface area contributed by atoms with Crippen molar-refractivity contribution in [2.75, 3.05) is 0 Å². The third-order valence-electron chi connectivity index (χ3n) is 2.70. The van der Waals surface area contributed by atoms with Gasteiger partial charge in [-0.05, 0) is 56.7 Å². The van der Waals surface area contributed by atoms with E-state index in [2.05, 4.69) is 65.8 Å². The highest BCUT2D eigenvalue weighted by molar-refractivity contribution is 5.29. The molecule has 1 atom stereocenters. The standard InChI is InChI=1S/C16H26O/c1-12(2)11-13(3)14-7-9-15(10-8-14)17-16(4,5)6/h7-10,12-13H,11H2,1-6H3. The third kappa shape index (κ3) is 5.25. The van der Waals surface area contributed by atoms with Gasteiger partial charge in [0.15, 0.2) is 0 Å². The quantitative estimate of drug-likeness (QED) is 0.711. The lowest BCUT2D eigenvalue weighted by Gasteiger charge is -2.22. The Hall–Kier alpha value is -0.980. The zero-order valence-electron chi connectivity index (χ0n) is 12.1. The van der Waals surface area contributed by atoms with Gasteiger partial charge in [-0.3, -0.25) is 0 Å². The van der Waals surface area contributed by atoms with Crippen molar-refractivity contribution in [2.45, 2.75) is 59.5 Å². The summed E-state index contributed by atoms with van der Waals surface area (Å²) >= 11 is 0. The fourth-order valence-corrected chi connectivity index (χ4v) is 2.06. The molecule has 0 bridgehead atoms. The molecule has 0 aliphatic rings. The smallest absolute Gasteiger partial charge is 0.120 e. The Morgan fingerprint density at radius 1 is 1.00 bits per heavy atom.